The number of hydrogen-bond acceptors (Lipinski definition) is 3. The molecule has 0 bridgehead atoms. The molecule has 5 nitrogen and oxygen atoms in total. The van der Waals surface area contributed by atoms with Gasteiger partial charge in [0.2, 0.25) is 5.91 Å². The zero-order chi connectivity index (χ0) is 17.7. The molecule has 0 atom stereocenters. The van der Waals surface area contributed by atoms with E-state index < -0.39 is 17.6 Å². The summed E-state index contributed by atoms with van der Waals surface area (Å²) in [6, 6.07) is 8.84. The summed E-state index contributed by atoms with van der Waals surface area (Å²) in [5.74, 6) is -1.48. The SMILES string of the molecule is CCNc1ccc(Cl)cc1NC(=O)c1ccc(F)c(NC(C)=O)c1. The van der Waals surface area contributed by atoms with E-state index in [-0.39, 0.29) is 11.3 Å². The van der Waals surface area contributed by atoms with Crippen molar-refractivity contribution in [2.45, 2.75) is 13.8 Å². The van der Waals surface area contributed by atoms with Crippen molar-refractivity contribution in [1.29, 1.82) is 0 Å². The normalized spacial score (nSPS) is 10.2. The third-order valence-electron chi connectivity index (χ3n) is 3.14. The second-order valence-corrected chi connectivity index (χ2v) is 5.49. The van der Waals surface area contributed by atoms with Gasteiger partial charge in [0.1, 0.15) is 5.82 Å². The molecule has 0 unspecified atom stereocenters. The Bertz CT molecular complexity index is 780. The maximum absolute atomic E-state index is 13.7. The molecule has 0 saturated heterocycles. The van der Waals surface area contributed by atoms with Crippen molar-refractivity contribution in [2.24, 2.45) is 0 Å². The fourth-order valence-electron chi connectivity index (χ4n) is 2.11. The Hall–Kier alpha value is -2.60. The fraction of sp³-hybridized carbons (Fsp3) is 0.176. The number of benzene rings is 2. The van der Waals surface area contributed by atoms with E-state index in [1.54, 1.807) is 18.2 Å². The van der Waals surface area contributed by atoms with Gasteiger partial charge < -0.3 is 16.0 Å². The minimum Gasteiger partial charge on any atom is -0.384 e. The van der Waals surface area contributed by atoms with Gasteiger partial charge >= 0.3 is 0 Å². The molecule has 0 aliphatic rings. The molecule has 3 N–H and O–H groups in total. The molecule has 0 aliphatic carbocycles. The zero-order valence-electron chi connectivity index (χ0n) is 13.2. The van der Waals surface area contributed by atoms with Gasteiger partial charge in [-0.25, -0.2) is 4.39 Å². The Labute approximate surface area is 144 Å². The molecule has 0 spiro atoms. The molecule has 2 amide bonds. The van der Waals surface area contributed by atoms with E-state index in [4.69, 9.17) is 11.6 Å². The molecule has 126 valence electrons. The lowest BCUT2D eigenvalue weighted by Crippen LogP contribution is -2.15. The number of nitrogens with one attached hydrogen (secondary N) is 3. The zero-order valence-corrected chi connectivity index (χ0v) is 14.0. The highest BCUT2D eigenvalue weighted by molar-refractivity contribution is 6.31. The van der Waals surface area contributed by atoms with Gasteiger partial charge in [0.25, 0.3) is 5.91 Å². The van der Waals surface area contributed by atoms with E-state index in [1.807, 2.05) is 6.92 Å². The minimum atomic E-state index is -0.613. The second-order valence-electron chi connectivity index (χ2n) is 5.05. The average molecular weight is 350 g/mol. The predicted octanol–water partition coefficient (Wildman–Crippen LogP) is 4.12. The van der Waals surface area contributed by atoms with Gasteiger partial charge in [-0.2, -0.15) is 0 Å². The molecule has 0 fully saturated rings. The van der Waals surface area contributed by atoms with Crippen molar-refractivity contribution < 1.29 is 14.0 Å². The molecule has 0 radical (unpaired) electrons. The monoisotopic (exact) mass is 349 g/mol. The highest BCUT2D eigenvalue weighted by Crippen LogP contribution is 2.26. The van der Waals surface area contributed by atoms with Gasteiger partial charge in [0, 0.05) is 24.1 Å². The van der Waals surface area contributed by atoms with E-state index in [0.717, 1.165) is 11.8 Å². The van der Waals surface area contributed by atoms with Gasteiger partial charge in [0.15, 0.2) is 0 Å². The van der Waals surface area contributed by atoms with Crippen molar-refractivity contribution >= 4 is 40.5 Å². The third-order valence-corrected chi connectivity index (χ3v) is 3.37. The lowest BCUT2D eigenvalue weighted by Gasteiger charge is -2.13. The van der Waals surface area contributed by atoms with Crippen LogP contribution in [0, 0.1) is 5.82 Å². The lowest BCUT2D eigenvalue weighted by atomic mass is 10.1. The Morgan fingerprint density at radius 1 is 1.04 bits per heavy atom. The van der Waals surface area contributed by atoms with Gasteiger partial charge in [0.05, 0.1) is 17.1 Å². The summed E-state index contributed by atoms with van der Waals surface area (Å²) < 4.78 is 13.7. The smallest absolute Gasteiger partial charge is 0.255 e. The van der Waals surface area contributed by atoms with Gasteiger partial charge in [-0.3, -0.25) is 9.59 Å². The number of halogens is 2. The summed E-state index contributed by atoms with van der Waals surface area (Å²) >= 11 is 5.97. The third kappa shape index (κ3) is 4.45. The van der Waals surface area contributed by atoms with Gasteiger partial charge in [-0.1, -0.05) is 11.6 Å². The number of rotatable bonds is 5. The van der Waals surface area contributed by atoms with E-state index >= 15 is 0 Å². The summed E-state index contributed by atoms with van der Waals surface area (Å²) in [4.78, 5) is 23.5. The van der Waals surface area contributed by atoms with Crippen LogP contribution < -0.4 is 16.0 Å². The van der Waals surface area contributed by atoms with Crippen LogP contribution in [-0.4, -0.2) is 18.4 Å². The maximum atomic E-state index is 13.7. The van der Waals surface area contributed by atoms with Crippen LogP contribution in [0.1, 0.15) is 24.2 Å². The van der Waals surface area contributed by atoms with Crippen LogP contribution >= 0.6 is 11.6 Å². The van der Waals surface area contributed by atoms with E-state index in [1.165, 1.54) is 19.1 Å². The molecule has 0 saturated carbocycles. The van der Waals surface area contributed by atoms with E-state index in [9.17, 15) is 14.0 Å². The van der Waals surface area contributed by atoms with Crippen molar-refractivity contribution in [3.8, 4) is 0 Å². The standard InChI is InChI=1S/C17H17ClFN3O2/c1-3-20-14-7-5-12(18)9-16(14)22-17(24)11-4-6-13(19)15(8-11)21-10(2)23/h4-9,20H,3H2,1-2H3,(H,21,23)(H,22,24). The van der Waals surface area contributed by atoms with Crippen LogP contribution in [0.5, 0.6) is 0 Å². The van der Waals surface area contributed by atoms with Crippen LogP contribution in [0.4, 0.5) is 21.5 Å². The Balaban J connectivity index is 2.27. The molecular formula is C17H17ClFN3O2. The van der Waals surface area contributed by atoms with Crippen LogP contribution in [0.2, 0.25) is 5.02 Å². The summed E-state index contributed by atoms with van der Waals surface area (Å²) in [5.41, 5.74) is 1.40. The van der Waals surface area contributed by atoms with Gasteiger partial charge in [-0.05, 0) is 43.3 Å². The largest absolute Gasteiger partial charge is 0.384 e. The Morgan fingerprint density at radius 2 is 1.79 bits per heavy atom. The van der Waals surface area contributed by atoms with E-state index in [2.05, 4.69) is 16.0 Å². The predicted molar refractivity (Wildman–Crippen MR) is 94.3 cm³/mol. The summed E-state index contributed by atoms with van der Waals surface area (Å²) in [6.07, 6.45) is 0. The van der Waals surface area contributed by atoms with Crippen molar-refractivity contribution in [3.05, 3.63) is 52.8 Å². The summed E-state index contributed by atoms with van der Waals surface area (Å²) in [7, 11) is 0. The first-order chi connectivity index (χ1) is 11.4. The maximum Gasteiger partial charge on any atom is 0.255 e. The molecule has 0 aromatic heterocycles. The first-order valence-electron chi connectivity index (χ1n) is 7.32. The molecule has 24 heavy (non-hydrogen) atoms. The molecule has 2 rings (SSSR count). The first kappa shape index (κ1) is 17.7. The highest BCUT2D eigenvalue weighted by Gasteiger charge is 2.13. The Kier molecular flexibility index (Phi) is 5.76. The van der Waals surface area contributed by atoms with Crippen molar-refractivity contribution in [1.82, 2.24) is 0 Å². The van der Waals surface area contributed by atoms with Crippen molar-refractivity contribution in [2.75, 3.05) is 22.5 Å². The quantitative estimate of drug-likeness (QED) is 0.760. The Morgan fingerprint density at radius 3 is 2.46 bits per heavy atom. The number of carbonyl (C=O) groups excluding carboxylic acids is 2. The molecule has 2 aromatic carbocycles. The van der Waals surface area contributed by atoms with Crippen LogP contribution in [0.25, 0.3) is 0 Å². The topological polar surface area (TPSA) is 70.2 Å². The molecular weight excluding hydrogens is 333 g/mol. The average Bonchev–Trinajstić information content (AvgIpc) is 2.51. The summed E-state index contributed by atoms with van der Waals surface area (Å²) in [6.45, 7) is 3.87. The molecule has 0 heterocycles. The molecule has 0 aliphatic heterocycles. The van der Waals surface area contributed by atoms with Crippen LogP contribution in [0.3, 0.4) is 0 Å². The highest BCUT2D eigenvalue weighted by atomic mass is 35.5. The molecule has 2 aromatic rings. The minimum absolute atomic E-state index is 0.0480. The molecule has 7 heteroatoms. The number of carbonyl (C=O) groups is 2. The number of hydrogen-bond donors (Lipinski definition) is 3. The number of anilines is 3. The van der Waals surface area contributed by atoms with Crippen LogP contribution in [0.15, 0.2) is 36.4 Å². The number of amides is 2. The van der Waals surface area contributed by atoms with Crippen molar-refractivity contribution in [3.63, 3.8) is 0 Å². The van der Waals surface area contributed by atoms with Gasteiger partial charge in [-0.15, -0.1) is 0 Å². The second kappa shape index (κ2) is 7.79. The van der Waals surface area contributed by atoms with E-state index in [0.29, 0.717) is 17.3 Å². The fourth-order valence-corrected chi connectivity index (χ4v) is 2.28. The van der Waals surface area contributed by atoms with Crippen LogP contribution in [-0.2, 0) is 4.79 Å². The lowest BCUT2D eigenvalue weighted by molar-refractivity contribution is -0.114. The first-order valence-corrected chi connectivity index (χ1v) is 7.70. The summed E-state index contributed by atoms with van der Waals surface area (Å²) in [5, 5.41) is 8.67.